The Bertz CT molecular complexity index is 215. The van der Waals surface area contributed by atoms with E-state index in [4.69, 9.17) is 15.6 Å². The predicted molar refractivity (Wildman–Crippen MR) is 53.0 cm³/mol. The van der Waals surface area contributed by atoms with Gasteiger partial charge in [0.1, 0.15) is 5.54 Å². The average molecular weight is 201 g/mol. The van der Waals surface area contributed by atoms with Crippen LogP contribution in [0.3, 0.4) is 0 Å². The number of ether oxygens (including phenoxy) is 1. The molecule has 0 heterocycles. The molecular weight excluding hydrogens is 182 g/mol. The molecule has 3 N–H and O–H groups in total. The van der Waals surface area contributed by atoms with Crippen LogP contribution in [0.2, 0.25) is 0 Å². The minimum Gasteiger partial charge on any atom is -0.480 e. The van der Waals surface area contributed by atoms with Gasteiger partial charge in [0.15, 0.2) is 0 Å². The van der Waals surface area contributed by atoms with Crippen LogP contribution >= 0.6 is 0 Å². The van der Waals surface area contributed by atoms with Crippen LogP contribution in [0, 0.1) is 5.92 Å². The van der Waals surface area contributed by atoms with Crippen molar-refractivity contribution in [2.45, 2.75) is 44.2 Å². The molecule has 0 aromatic rings. The third-order valence-corrected chi connectivity index (χ3v) is 3.27. The zero-order valence-electron chi connectivity index (χ0n) is 8.82. The summed E-state index contributed by atoms with van der Waals surface area (Å²) in [5, 5.41) is 8.99. The lowest BCUT2D eigenvalue weighted by Gasteiger charge is -2.36. The topological polar surface area (TPSA) is 72.5 Å². The number of carboxylic acids is 1. The quantitative estimate of drug-likeness (QED) is 0.714. The van der Waals surface area contributed by atoms with Crippen molar-refractivity contribution in [3.8, 4) is 0 Å². The molecule has 1 aliphatic carbocycles. The van der Waals surface area contributed by atoms with Crippen LogP contribution in [0.25, 0.3) is 0 Å². The molecule has 3 unspecified atom stereocenters. The van der Waals surface area contributed by atoms with E-state index in [-0.39, 0.29) is 12.0 Å². The third-order valence-electron chi connectivity index (χ3n) is 3.27. The summed E-state index contributed by atoms with van der Waals surface area (Å²) in [4.78, 5) is 10.9. The molecule has 0 radical (unpaired) electrons. The van der Waals surface area contributed by atoms with E-state index in [9.17, 15) is 4.79 Å². The van der Waals surface area contributed by atoms with Crippen molar-refractivity contribution < 1.29 is 14.6 Å². The fraction of sp³-hybridized carbons (Fsp3) is 0.900. The largest absolute Gasteiger partial charge is 0.480 e. The minimum absolute atomic E-state index is 0.0266. The Hall–Kier alpha value is -0.610. The molecule has 0 spiro atoms. The molecule has 4 heteroatoms. The van der Waals surface area contributed by atoms with Crippen molar-refractivity contribution in [3.05, 3.63) is 0 Å². The van der Waals surface area contributed by atoms with E-state index in [0.717, 1.165) is 25.7 Å². The smallest absolute Gasteiger partial charge is 0.323 e. The molecule has 14 heavy (non-hydrogen) atoms. The molecular formula is C10H19NO3. The summed E-state index contributed by atoms with van der Waals surface area (Å²) in [7, 11) is 1.67. The normalized spacial score (nSPS) is 32.2. The molecule has 4 nitrogen and oxygen atoms in total. The highest BCUT2D eigenvalue weighted by Crippen LogP contribution is 2.32. The van der Waals surface area contributed by atoms with Crippen LogP contribution < -0.4 is 5.73 Å². The summed E-state index contributed by atoms with van der Waals surface area (Å²) in [5.74, 6) is -0.891. The molecule has 82 valence electrons. The Morgan fingerprint density at radius 2 is 2.21 bits per heavy atom. The number of aliphatic carboxylic acids is 1. The maximum Gasteiger partial charge on any atom is 0.323 e. The Balaban J connectivity index is 2.63. The number of hydrogen-bond donors (Lipinski definition) is 2. The molecule has 3 atom stereocenters. The summed E-state index contributed by atoms with van der Waals surface area (Å²) in [5.41, 5.74) is 4.68. The molecule has 0 aliphatic heterocycles. The lowest BCUT2D eigenvalue weighted by atomic mass is 9.75. The average Bonchev–Trinajstić information content (AvgIpc) is 2.17. The zero-order valence-corrected chi connectivity index (χ0v) is 8.82. The number of rotatable bonds is 3. The van der Waals surface area contributed by atoms with Crippen LogP contribution in [0.5, 0.6) is 0 Å². The van der Waals surface area contributed by atoms with E-state index in [1.54, 1.807) is 14.0 Å². The molecule has 0 amide bonds. The second kappa shape index (κ2) is 4.28. The monoisotopic (exact) mass is 201 g/mol. The van der Waals surface area contributed by atoms with Crippen LogP contribution in [0.1, 0.15) is 32.6 Å². The summed E-state index contributed by atoms with van der Waals surface area (Å²) in [6, 6.07) is 0. The fourth-order valence-corrected chi connectivity index (χ4v) is 2.08. The molecule has 1 fully saturated rings. The first kappa shape index (κ1) is 11.5. The van der Waals surface area contributed by atoms with Gasteiger partial charge >= 0.3 is 5.97 Å². The van der Waals surface area contributed by atoms with Crippen molar-refractivity contribution in [2.75, 3.05) is 7.11 Å². The maximum absolute atomic E-state index is 10.9. The lowest BCUT2D eigenvalue weighted by Crippen LogP contribution is -2.53. The first-order chi connectivity index (χ1) is 6.48. The number of hydrogen-bond acceptors (Lipinski definition) is 3. The van der Waals surface area contributed by atoms with Gasteiger partial charge in [-0.1, -0.05) is 6.42 Å². The molecule has 0 saturated heterocycles. The SMILES string of the molecule is COC1CCCC(C(C)(N)C(=O)O)C1. The second-order valence-corrected chi connectivity index (χ2v) is 4.31. The molecule has 1 saturated carbocycles. The van der Waals surface area contributed by atoms with Crippen molar-refractivity contribution in [1.29, 1.82) is 0 Å². The van der Waals surface area contributed by atoms with Gasteiger partial charge in [0.05, 0.1) is 6.10 Å². The van der Waals surface area contributed by atoms with Gasteiger partial charge in [-0.15, -0.1) is 0 Å². The van der Waals surface area contributed by atoms with Crippen molar-refractivity contribution >= 4 is 5.97 Å². The van der Waals surface area contributed by atoms with Crippen molar-refractivity contribution in [2.24, 2.45) is 11.7 Å². The summed E-state index contributed by atoms with van der Waals surface area (Å²) >= 11 is 0. The van der Waals surface area contributed by atoms with Gasteiger partial charge in [-0.3, -0.25) is 4.79 Å². The van der Waals surface area contributed by atoms with E-state index >= 15 is 0 Å². The molecule has 1 rings (SSSR count). The van der Waals surface area contributed by atoms with Gasteiger partial charge in [0.2, 0.25) is 0 Å². The Morgan fingerprint density at radius 3 is 2.71 bits per heavy atom. The Labute approximate surface area is 84.4 Å². The highest BCUT2D eigenvalue weighted by Gasteiger charge is 2.40. The molecule has 0 aromatic heterocycles. The van der Waals surface area contributed by atoms with Crippen LogP contribution in [-0.2, 0) is 9.53 Å². The van der Waals surface area contributed by atoms with Crippen LogP contribution in [-0.4, -0.2) is 29.8 Å². The van der Waals surface area contributed by atoms with Gasteiger partial charge in [-0.05, 0) is 32.1 Å². The Morgan fingerprint density at radius 1 is 1.57 bits per heavy atom. The first-order valence-corrected chi connectivity index (χ1v) is 5.03. The second-order valence-electron chi connectivity index (χ2n) is 4.31. The van der Waals surface area contributed by atoms with E-state index in [1.165, 1.54) is 0 Å². The standard InChI is InChI=1S/C10H19NO3/c1-10(11,9(12)13)7-4-3-5-8(6-7)14-2/h7-8H,3-6,11H2,1-2H3,(H,12,13). The lowest BCUT2D eigenvalue weighted by molar-refractivity contribution is -0.146. The number of methoxy groups -OCH3 is 1. The van der Waals surface area contributed by atoms with Gasteiger partial charge in [0, 0.05) is 7.11 Å². The van der Waals surface area contributed by atoms with Gasteiger partial charge in [0.25, 0.3) is 0 Å². The van der Waals surface area contributed by atoms with Gasteiger partial charge in [-0.2, -0.15) is 0 Å². The number of carboxylic acid groups (broad SMARTS) is 1. The van der Waals surface area contributed by atoms with E-state index < -0.39 is 11.5 Å². The van der Waals surface area contributed by atoms with Crippen LogP contribution in [0.4, 0.5) is 0 Å². The van der Waals surface area contributed by atoms with Gasteiger partial charge in [-0.25, -0.2) is 0 Å². The molecule has 1 aliphatic rings. The summed E-state index contributed by atoms with van der Waals surface area (Å²) in [6.07, 6.45) is 3.84. The number of nitrogens with two attached hydrogens (primary N) is 1. The van der Waals surface area contributed by atoms with E-state index in [1.807, 2.05) is 0 Å². The highest BCUT2D eigenvalue weighted by molar-refractivity contribution is 5.78. The fourth-order valence-electron chi connectivity index (χ4n) is 2.08. The Kier molecular flexibility index (Phi) is 3.50. The van der Waals surface area contributed by atoms with E-state index in [0.29, 0.717) is 0 Å². The first-order valence-electron chi connectivity index (χ1n) is 5.03. The highest BCUT2D eigenvalue weighted by atomic mass is 16.5. The van der Waals surface area contributed by atoms with Crippen LogP contribution in [0.15, 0.2) is 0 Å². The zero-order chi connectivity index (χ0) is 10.8. The maximum atomic E-state index is 10.9. The third kappa shape index (κ3) is 2.25. The molecule has 0 aromatic carbocycles. The van der Waals surface area contributed by atoms with Gasteiger partial charge < -0.3 is 15.6 Å². The van der Waals surface area contributed by atoms with Crippen molar-refractivity contribution in [1.82, 2.24) is 0 Å². The van der Waals surface area contributed by atoms with E-state index in [2.05, 4.69) is 0 Å². The van der Waals surface area contributed by atoms with Crippen molar-refractivity contribution in [3.63, 3.8) is 0 Å². The summed E-state index contributed by atoms with van der Waals surface area (Å²) < 4.78 is 5.25. The summed E-state index contributed by atoms with van der Waals surface area (Å²) in [6.45, 7) is 1.60. The molecule has 0 bridgehead atoms. The minimum atomic E-state index is -1.11. The predicted octanol–water partition coefficient (Wildman–Crippen LogP) is 0.994. The number of carbonyl (C=O) groups is 1.